The van der Waals surface area contributed by atoms with Gasteiger partial charge in [-0.1, -0.05) is 82.3 Å². The van der Waals surface area contributed by atoms with Gasteiger partial charge in [-0.05, 0) is 39.9 Å². The Labute approximate surface area is 222 Å². The van der Waals surface area contributed by atoms with Gasteiger partial charge in [-0.3, -0.25) is 0 Å². The van der Waals surface area contributed by atoms with Crippen LogP contribution < -0.4 is 11.1 Å². The molecule has 2 amide bonds. The Bertz CT molecular complexity index is 1220. The van der Waals surface area contributed by atoms with Crippen molar-refractivity contribution in [1.29, 1.82) is 0 Å². The van der Waals surface area contributed by atoms with Crippen LogP contribution in [-0.4, -0.2) is 43.7 Å². The number of carbonyl (C=O) groups excluding carboxylic acids is 3. The largest absolute Gasteiger partial charge is 0.467 e. The molecule has 0 saturated heterocycles. The fraction of sp³-hybridized carbons (Fsp3) is 0.222. The smallest absolute Gasteiger partial charge is 0.407 e. The van der Waals surface area contributed by atoms with Gasteiger partial charge in [-0.15, -0.1) is 0 Å². The van der Waals surface area contributed by atoms with Crippen molar-refractivity contribution < 1.29 is 28.6 Å². The predicted molar refractivity (Wildman–Crippen MR) is 143 cm³/mol. The third kappa shape index (κ3) is 6.78. The minimum atomic E-state index is -0.874. The first-order valence-corrected chi connectivity index (χ1v) is 13.8. The molecule has 0 aromatic heterocycles. The van der Waals surface area contributed by atoms with Crippen molar-refractivity contribution >= 4 is 39.7 Å². The van der Waals surface area contributed by atoms with E-state index in [9.17, 15) is 14.4 Å². The molecule has 0 spiro atoms. The molecule has 8 nitrogen and oxygen atoms in total. The second kappa shape index (κ2) is 12.6. The van der Waals surface area contributed by atoms with Crippen LogP contribution in [0, 0.1) is 0 Å². The van der Waals surface area contributed by atoms with Crippen molar-refractivity contribution in [3.05, 3.63) is 89.5 Å². The fourth-order valence-electron chi connectivity index (χ4n) is 4.06. The van der Waals surface area contributed by atoms with Gasteiger partial charge in [0.05, 0.1) is 7.11 Å². The molecule has 0 bridgehead atoms. The number of methoxy groups -OCH3 is 1. The molecule has 1 atom stereocenters. The Kier molecular flexibility index (Phi) is 8.97. The Morgan fingerprint density at radius 1 is 0.919 bits per heavy atom. The Morgan fingerprint density at radius 2 is 1.54 bits per heavy atom. The second-order valence-electron chi connectivity index (χ2n) is 8.17. The summed E-state index contributed by atoms with van der Waals surface area (Å²) in [6.07, 6.45) is -1.51. The van der Waals surface area contributed by atoms with Crippen molar-refractivity contribution in [2.75, 3.05) is 19.5 Å². The van der Waals surface area contributed by atoms with Gasteiger partial charge in [0.1, 0.15) is 19.3 Å². The van der Waals surface area contributed by atoms with Gasteiger partial charge in [0, 0.05) is 16.6 Å². The highest BCUT2D eigenvalue weighted by Gasteiger charge is 2.30. The van der Waals surface area contributed by atoms with Crippen molar-refractivity contribution in [3.8, 4) is 11.1 Å². The van der Waals surface area contributed by atoms with Gasteiger partial charge >= 0.3 is 18.2 Å². The number of amides is 2. The first-order valence-electron chi connectivity index (χ1n) is 11.5. The summed E-state index contributed by atoms with van der Waals surface area (Å²) < 4.78 is 15.2. The van der Waals surface area contributed by atoms with E-state index in [0.717, 1.165) is 32.7 Å². The molecule has 37 heavy (non-hydrogen) atoms. The maximum absolute atomic E-state index is 12.6. The normalized spacial score (nSPS) is 12.7. The Morgan fingerprint density at radius 3 is 2.14 bits per heavy atom. The molecule has 0 aliphatic heterocycles. The van der Waals surface area contributed by atoms with Crippen LogP contribution in [-0.2, 0) is 25.6 Å². The number of nitrogens with one attached hydrogen (secondary N) is 1. The minimum Gasteiger partial charge on any atom is -0.467 e. The van der Waals surface area contributed by atoms with E-state index in [0.29, 0.717) is 0 Å². The Balaban J connectivity index is 1.30. The standard InChI is InChI=1S/C27H26N2O6S2/c1-33-25(30)24(16-36-37-18-12-10-17(11-13-18)14-34-26(28)31)29-27(32)35-15-23-21-8-4-2-6-19(21)20-7-3-5-9-22(20)23/h2-13,23-24H,14-16H2,1H3,(H2,28,31)(H,29,32). The summed E-state index contributed by atoms with van der Waals surface area (Å²) in [5, 5.41) is 2.63. The lowest BCUT2D eigenvalue weighted by molar-refractivity contribution is -0.142. The second-order valence-corrected chi connectivity index (χ2v) is 10.6. The molecule has 1 aliphatic rings. The summed E-state index contributed by atoms with van der Waals surface area (Å²) in [6, 6.07) is 22.7. The quantitative estimate of drug-likeness (QED) is 0.208. The maximum Gasteiger partial charge on any atom is 0.407 e. The van der Waals surface area contributed by atoms with Crippen molar-refractivity contribution in [2.24, 2.45) is 5.73 Å². The maximum atomic E-state index is 12.6. The van der Waals surface area contributed by atoms with E-state index in [2.05, 4.69) is 17.4 Å². The highest BCUT2D eigenvalue weighted by molar-refractivity contribution is 8.76. The zero-order valence-electron chi connectivity index (χ0n) is 20.0. The molecule has 0 fully saturated rings. The zero-order valence-corrected chi connectivity index (χ0v) is 21.7. The number of hydrogen-bond donors (Lipinski definition) is 2. The van der Waals surface area contributed by atoms with E-state index in [-0.39, 0.29) is 24.9 Å². The lowest BCUT2D eigenvalue weighted by Gasteiger charge is -2.18. The Hall–Kier alpha value is -3.63. The first-order chi connectivity index (χ1) is 18.0. The van der Waals surface area contributed by atoms with E-state index < -0.39 is 24.2 Å². The topological polar surface area (TPSA) is 117 Å². The van der Waals surface area contributed by atoms with Crippen LogP contribution in [0.1, 0.15) is 22.6 Å². The molecule has 3 N–H and O–H groups in total. The van der Waals surface area contributed by atoms with E-state index in [1.165, 1.54) is 28.7 Å². The minimum absolute atomic E-state index is 0.0731. The highest BCUT2D eigenvalue weighted by Crippen LogP contribution is 2.44. The molecule has 4 rings (SSSR count). The van der Waals surface area contributed by atoms with Gasteiger partial charge in [-0.25, -0.2) is 14.4 Å². The average Bonchev–Trinajstić information content (AvgIpc) is 3.24. The number of fused-ring (bicyclic) bond motifs is 3. The summed E-state index contributed by atoms with van der Waals surface area (Å²) in [4.78, 5) is 36.6. The number of primary amides is 1. The highest BCUT2D eigenvalue weighted by atomic mass is 33.1. The van der Waals surface area contributed by atoms with E-state index in [1.807, 2.05) is 60.7 Å². The third-order valence-electron chi connectivity index (χ3n) is 5.82. The summed E-state index contributed by atoms with van der Waals surface area (Å²) in [5.41, 5.74) is 10.3. The van der Waals surface area contributed by atoms with Gasteiger partial charge in [0.2, 0.25) is 0 Å². The average molecular weight is 539 g/mol. The van der Waals surface area contributed by atoms with Crippen LogP contribution in [0.25, 0.3) is 11.1 Å². The van der Waals surface area contributed by atoms with Crippen LogP contribution in [0.5, 0.6) is 0 Å². The van der Waals surface area contributed by atoms with Crippen molar-refractivity contribution in [1.82, 2.24) is 5.32 Å². The molecule has 0 heterocycles. The van der Waals surface area contributed by atoms with E-state index >= 15 is 0 Å². The molecule has 1 aliphatic carbocycles. The first kappa shape index (κ1) is 26.4. The molecule has 1 unspecified atom stereocenters. The molecule has 0 radical (unpaired) electrons. The van der Waals surface area contributed by atoms with Gasteiger partial charge in [-0.2, -0.15) is 0 Å². The van der Waals surface area contributed by atoms with Gasteiger partial charge in [0.25, 0.3) is 0 Å². The summed E-state index contributed by atoms with van der Waals surface area (Å²) in [5.74, 6) is -0.356. The van der Waals surface area contributed by atoms with Crippen LogP contribution in [0.15, 0.2) is 77.7 Å². The van der Waals surface area contributed by atoms with Gasteiger partial charge < -0.3 is 25.3 Å². The zero-order chi connectivity index (χ0) is 26.2. The summed E-state index contributed by atoms with van der Waals surface area (Å²) in [7, 11) is 4.11. The molecule has 0 saturated carbocycles. The molecule has 3 aromatic rings. The molecule has 10 heteroatoms. The van der Waals surface area contributed by atoms with Crippen LogP contribution in [0.4, 0.5) is 9.59 Å². The number of nitrogens with two attached hydrogens (primary N) is 1. The number of esters is 1. The molecule has 192 valence electrons. The number of alkyl carbamates (subject to hydrolysis) is 1. The third-order valence-corrected chi connectivity index (χ3v) is 8.21. The molecule has 3 aromatic carbocycles. The molecular formula is C27H26N2O6S2. The SMILES string of the molecule is COC(=O)C(CSSc1ccc(COC(N)=O)cc1)NC(=O)OCC1c2ccccc2-c2ccccc21. The number of ether oxygens (including phenoxy) is 3. The lowest BCUT2D eigenvalue weighted by Crippen LogP contribution is -2.43. The monoisotopic (exact) mass is 538 g/mol. The molecular weight excluding hydrogens is 512 g/mol. The fourth-order valence-corrected chi connectivity index (χ4v) is 6.22. The summed E-state index contributed by atoms with van der Waals surface area (Å²) in [6.45, 7) is 0.253. The number of hydrogen-bond acceptors (Lipinski definition) is 8. The van der Waals surface area contributed by atoms with Crippen LogP contribution in [0.3, 0.4) is 0 Å². The van der Waals surface area contributed by atoms with E-state index in [1.54, 1.807) is 0 Å². The lowest BCUT2D eigenvalue weighted by atomic mass is 9.98. The van der Waals surface area contributed by atoms with E-state index in [4.69, 9.17) is 19.9 Å². The van der Waals surface area contributed by atoms with Crippen molar-refractivity contribution in [3.63, 3.8) is 0 Å². The van der Waals surface area contributed by atoms with Crippen LogP contribution >= 0.6 is 21.6 Å². The summed E-state index contributed by atoms with van der Waals surface area (Å²) >= 11 is 0. The number of carbonyl (C=O) groups is 3. The van der Waals surface area contributed by atoms with Crippen LogP contribution in [0.2, 0.25) is 0 Å². The van der Waals surface area contributed by atoms with Gasteiger partial charge in [0.15, 0.2) is 0 Å². The number of rotatable bonds is 10. The van der Waals surface area contributed by atoms with Crippen molar-refractivity contribution in [2.45, 2.75) is 23.5 Å². The predicted octanol–water partition coefficient (Wildman–Crippen LogP) is 5.10. The number of benzene rings is 3.